The minimum absolute atomic E-state index is 0.101. The van der Waals surface area contributed by atoms with Gasteiger partial charge in [-0.2, -0.15) is 0 Å². The highest BCUT2D eigenvalue weighted by molar-refractivity contribution is 7.10. The van der Waals surface area contributed by atoms with Crippen molar-refractivity contribution in [1.29, 1.82) is 0 Å². The SMILES string of the molecule is COc1cccc([C@@H](C(=O)NC2CCCC2)N(Cc2cccnc2)C(=O)Cc2cccs2)c1. The van der Waals surface area contributed by atoms with Gasteiger partial charge in [0.1, 0.15) is 11.8 Å². The van der Waals surface area contributed by atoms with Gasteiger partial charge in [-0.25, -0.2) is 0 Å². The van der Waals surface area contributed by atoms with Crippen LogP contribution in [-0.4, -0.2) is 34.8 Å². The normalized spacial score (nSPS) is 14.6. The van der Waals surface area contributed by atoms with Crippen molar-refractivity contribution in [3.63, 3.8) is 0 Å². The van der Waals surface area contributed by atoms with E-state index in [0.717, 1.165) is 41.7 Å². The molecule has 2 aromatic heterocycles. The smallest absolute Gasteiger partial charge is 0.247 e. The number of pyridine rings is 1. The first-order chi connectivity index (χ1) is 16.1. The van der Waals surface area contributed by atoms with Crippen molar-refractivity contribution in [1.82, 2.24) is 15.2 Å². The summed E-state index contributed by atoms with van der Waals surface area (Å²) in [5, 5.41) is 5.17. The lowest BCUT2D eigenvalue weighted by molar-refractivity contribution is -0.141. The molecule has 0 saturated heterocycles. The first-order valence-corrected chi connectivity index (χ1v) is 12.2. The van der Waals surface area contributed by atoms with Crippen molar-refractivity contribution in [3.8, 4) is 5.75 Å². The van der Waals surface area contributed by atoms with E-state index in [-0.39, 0.29) is 30.8 Å². The molecule has 6 nitrogen and oxygen atoms in total. The Bertz CT molecular complexity index is 1050. The number of benzene rings is 1. The molecular weight excluding hydrogens is 434 g/mol. The molecule has 2 heterocycles. The summed E-state index contributed by atoms with van der Waals surface area (Å²) in [7, 11) is 1.60. The van der Waals surface area contributed by atoms with Crippen LogP contribution in [0.3, 0.4) is 0 Å². The van der Waals surface area contributed by atoms with E-state index in [9.17, 15) is 9.59 Å². The minimum atomic E-state index is -0.770. The molecule has 0 spiro atoms. The van der Waals surface area contributed by atoms with E-state index in [1.165, 1.54) is 0 Å². The van der Waals surface area contributed by atoms with Gasteiger partial charge in [-0.15, -0.1) is 11.3 Å². The van der Waals surface area contributed by atoms with Crippen LogP contribution in [0, 0.1) is 0 Å². The Morgan fingerprint density at radius 1 is 1.18 bits per heavy atom. The van der Waals surface area contributed by atoms with Gasteiger partial charge in [-0.3, -0.25) is 14.6 Å². The van der Waals surface area contributed by atoms with Crippen molar-refractivity contribution in [3.05, 3.63) is 82.3 Å². The molecule has 0 radical (unpaired) electrons. The lowest BCUT2D eigenvalue weighted by Gasteiger charge is -2.32. The summed E-state index contributed by atoms with van der Waals surface area (Å²) < 4.78 is 5.42. The van der Waals surface area contributed by atoms with Gasteiger partial charge in [0.25, 0.3) is 0 Å². The van der Waals surface area contributed by atoms with Gasteiger partial charge in [-0.1, -0.05) is 37.1 Å². The predicted octanol–water partition coefficient (Wildman–Crippen LogP) is 4.52. The molecule has 1 N–H and O–H groups in total. The summed E-state index contributed by atoms with van der Waals surface area (Å²) in [6.07, 6.45) is 7.87. The number of carbonyl (C=O) groups excluding carboxylic acids is 2. The largest absolute Gasteiger partial charge is 0.497 e. The Balaban J connectivity index is 1.71. The van der Waals surface area contributed by atoms with Crippen molar-refractivity contribution < 1.29 is 14.3 Å². The monoisotopic (exact) mass is 463 g/mol. The maximum absolute atomic E-state index is 13.7. The van der Waals surface area contributed by atoms with Crippen LogP contribution in [0.1, 0.15) is 47.7 Å². The van der Waals surface area contributed by atoms with E-state index < -0.39 is 6.04 Å². The summed E-state index contributed by atoms with van der Waals surface area (Å²) in [5.41, 5.74) is 1.60. The summed E-state index contributed by atoms with van der Waals surface area (Å²) in [4.78, 5) is 34.2. The molecule has 3 aromatic rings. The first kappa shape index (κ1) is 23.0. The molecule has 1 saturated carbocycles. The quantitative estimate of drug-likeness (QED) is 0.506. The van der Waals surface area contributed by atoms with E-state index in [2.05, 4.69) is 10.3 Å². The van der Waals surface area contributed by atoms with Gasteiger partial charge in [0, 0.05) is 29.9 Å². The van der Waals surface area contributed by atoms with Crippen LogP contribution in [-0.2, 0) is 22.6 Å². The Labute approximate surface area is 198 Å². The molecule has 33 heavy (non-hydrogen) atoms. The zero-order valence-corrected chi connectivity index (χ0v) is 19.6. The van der Waals surface area contributed by atoms with Crippen LogP contribution >= 0.6 is 11.3 Å². The predicted molar refractivity (Wildman–Crippen MR) is 129 cm³/mol. The second-order valence-electron chi connectivity index (χ2n) is 8.31. The number of ether oxygens (including phenoxy) is 1. The highest BCUT2D eigenvalue weighted by Crippen LogP contribution is 2.29. The van der Waals surface area contributed by atoms with Crippen molar-refractivity contribution >= 4 is 23.2 Å². The van der Waals surface area contributed by atoms with Crippen LogP contribution in [0.4, 0.5) is 0 Å². The van der Waals surface area contributed by atoms with E-state index in [1.807, 2.05) is 53.9 Å². The van der Waals surface area contributed by atoms with Gasteiger partial charge in [0.05, 0.1) is 13.5 Å². The van der Waals surface area contributed by atoms with Crippen molar-refractivity contribution in [2.45, 2.75) is 50.7 Å². The lowest BCUT2D eigenvalue weighted by atomic mass is 10.0. The molecule has 0 bridgehead atoms. The maximum atomic E-state index is 13.7. The van der Waals surface area contributed by atoms with Gasteiger partial charge in [-0.05, 0) is 53.6 Å². The Kier molecular flexibility index (Phi) is 7.73. The van der Waals surface area contributed by atoms with E-state index in [4.69, 9.17) is 4.74 Å². The number of hydrogen-bond acceptors (Lipinski definition) is 5. The number of aromatic nitrogens is 1. The van der Waals surface area contributed by atoms with Crippen LogP contribution < -0.4 is 10.1 Å². The molecule has 1 aliphatic carbocycles. The molecule has 1 atom stereocenters. The highest BCUT2D eigenvalue weighted by atomic mass is 32.1. The standard InChI is InChI=1S/C26H29N3O3S/c1-32-22-11-4-8-20(15-22)25(26(31)28-21-9-2-3-10-21)29(18-19-7-5-13-27-17-19)24(30)16-23-12-6-14-33-23/h4-8,11-15,17,21,25H,2-3,9-10,16,18H2,1H3,(H,28,31)/t25-/m0/s1. The van der Waals surface area contributed by atoms with Gasteiger partial charge >= 0.3 is 0 Å². The lowest BCUT2D eigenvalue weighted by Crippen LogP contribution is -2.46. The van der Waals surface area contributed by atoms with E-state index >= 15 is 0 Å². The number of nitrogens with zero attached hydrogens (tertiary/aromatic N) is 2. The average molecular weight is 464 g/mol. The zero-order chi connectivity index (χ0) is 23.0. The topological polar surface area (TPSA) is 71.5 Å². The minimum Gasteiger partial charge on any atom is -0.497 e. The molecule has 1 aliphatic rings. The van der Waals surface area contributed by atoms with Gasteiger partial charge in [0.15, 0.2) is 0 Å². The number of thiophene rings is 1. The molecule has 1 fully saturated rings. The summed E-state index contributed by atoms with van der Waals surface area (Å²) in [5.74, 6) is 0.396. The molecule has 7 heteroatoms. The van der Waals surface area contributed by atoms with E-state index in [0.29, 0.717) is 5.75 Å². The molecule has 1 aromatic carbocycles. The van der Waals surface area contributed by atoms with E-state index in [1.54, 1.807) is 35.7 Å². The highest BCUT2D eigenvalue weighted by Gasteiger charge is 2.33. The Morgan fingerprint density at radius 2 is 2.03 bits per heavy atom. The van der Waals surface area contributed by atoms with Crippen LogP contribution in [0.15, 0.2) is 66.3 Å². The second-order valence-corrected chi connectivity index (χ2v) is 9.34. The first-order valence-electron chi connectivity index (χ1n) is 11.3. The molecule has 4 rings (SSSR count). The molecule has 2 amide bonds. The fourth-order valence-corrected chi connectivity index (χ4v) is 5.01. The third kappa shape index (κ3) is 5.99. The number of hydrogen-bond donors (Lipinski definition) is 1. The maximum Gasteiger partial charge on any atom is 0.247 e. The molecule has 0 unspecified atom stereocenters. The van der Waals surface area contributed by atoms with Crippen LogP contribution in [0.25, 0.3) is 0 Å². The Morgan fingerprint density at radius 3 is 2.73 bits per heavy atom. The summed E-state index contributed by atoms with van der Waals surface area (Å²) >= 11 is 1.54. The average Bonchev–Trinajstić information content (AvgIpc) is 3.54. The van der Waals surface area contributed by atoms with Crippen molar-refractivity contribution in [2.75, 3.05) is 7.11 Å². The van der Waals surface area contributed by atoms with Crippen molar-refractivity contribution in [2.24, 2.45) is 0 Å². The second kappa shape index (κ2) is 11.1. The fourth-order valence-electron chi connectivity index (χ4n) is 4.31. The number of carbonyl (C=O) groups is 2. The molecular formula is C26H29N3O3S. The molecule has 0 aliphatic heterocycles. The summed E-state index contributed by atoms with van der Waals surface area (Å²) in [6, 6.07) is 14.5. The number of amides is 2. The van der Waals surface area contributed by atoms with Crippen LogP contribution in [0.5, 0.6) is 5.75 Å². The number of methoxy groups -OCH3 is 1. The number of rotatable bonds is 9. The van der Waals surface area contributed by atoms with Gasteiger partial charge < -0.3 is 15.0 Å². The third-order valence-electron chi connectivity index (χ3n) is 5.97. The third-order valence-corrected chi connectivity index (χ3v) is 6.85. The number of nitrogens with one attached hydrogen (secondary N) is 1. The summed E-state index contributed by atoms with van der Waals surface area (Å²) in [6.45, 7) is 0.290. The fraction of sp³-hybridized carbons (Fsp3) is 0.346. The zero-order valence-electron chi connectivity index (χ0n) is 18.8. The van der Waals surface area contributed by atoms with Crippen LogP contribution in [0.2, 0.25) is 0 Å². The Hall–Kier alpha value is -3.19. The molecule has 172 valence electrons. The van der Waals surface area contributed by atoms with Gasteiger partial charge in [0.2, 0.25) is 11.8 Å².